The molecule has 1 heterocycles. The summed E-state index contributed by atoms with van der Waals surface area (Å²) in [6.07, 6.45) is 5.45. The molecule has 124 valence electrons. The predicted octanol–water partition coefficient (Wildman–Crippen LogP) is 3.28. The molecule has 0 unspecified atom stereocenters. The van der Waals surface area contributed by atoms with Gasteiger partial charge in [0.15, 0.2) is 0 Å². The Kier molecular flexibility index (Phi) is 4.99. The fourth-order valence-corrected chi connectivity index (χ4v) is 4.04. The summed E-state index contributed by atoms with van der Waals surface area (Å²) in [6, 6.07) is 10.5. The number of benzene rings is 1. The van der Waals surface area contributed by atoms with Crippen LogP contribution in [-0.2, 0) is 9.59 Å². The first kappa shape index (κ1) is 16.0. The zero-order valence-electron chi connectivity index (χ0n) is 13.5. The number of nitrogens with zero attached hydrogens (tertiary/aromatic N) is 1. The van der Waals surface area contributed by atoms with Gasteiger partial charge in [0, 0.05) is 19.0 Å². The second-order valence-electron chi connectivity index (χ2n) is 6.92. The lowest BCUT2D eigenvalue weighted by molar-refractivity contribution is -0.147. The zero-order chi connectivity index (χ0) is 16.2. The molecule has 1 amide bonds. The van der Waals surface area contributed by atoms with Crippen molar-refractivity contribution in [3.8, 4) is 0 Å². The van der Waals surface area contributed by atoms with Crippen molar-refractivity contribution in [3.05, 3.63) is 35.9 Å². The molecule has 1 saturated heterocycles. The summed E-state index contributed by atoms with van der Waals surface area (Å²) in [5, 5.41) is 9.17. The normalized spacial score (nSPS) is 28.3. The summed E-state index contributed by atoms with van der Waals surface area (Å²) in [5.74, 6) is -0.318. The van der Waals surface area contributed by atoms with Crippen LogP contribution in [0.25, 0.3) is 0 Å². The van der Waals surface area contributed by atoms with Gasteiger partial charge >= 0.3 is 5.97 Å². The number of carbonyl (C=O) groups is 2. The number of likely N-dealkylation sites (tertiary alicyclic amines) is 1. The van der Waals surface area contributed by atoms with Gasteiger partial charge in [-0.25, -0.2) is 0 Å². The van der Waals surface area contributed by atoms with Crippen LogP contribution in [0.3, 0.4) is 0 Å². The molecular weight excluding hydrogens is 290 g/mol. The standard InChI is InChI=1S/C19H25NO3/c21-18(20-12-4-7-17(13-20)19(22)23)16-10-8-15(9-11-16)14-5-2-1-3-6-14/h1-3,5-6,15-17H,4,7-13H2,(H,22,23)/t15?,16?,17-/m0/s1. The van der Waals surface area contributed by atoms with E-state index in [1.807, 2.05) is 6.07 Å². The van der Waals surface area contributed by atoms with Crippen LogP contribution in [-0.4, -0.2) is 35.0 Å². The molecule has 23 heavy (non-hydrogen) atoms. The van der Waals surface area contributed by atoms with Gasteiger partial charge in [-0.15, -0.1) is 0 Å². The van der Waals surface area contributed by atoms with Crippen LogP contribution in [0.1, 0.15) is 50.0 Å². The van der Waals surface area contributed by atoms with E-state index in [-0.39, 0.29) is 17.7 Å². The Balaban J connectivity index is 1.55. The predicted molar refractivity (Wildman–Crippen MR) is 88.1 cm³/mol. The summed E-state index contributed by atoms with van der Waals surface area (Å²) in [6.45, 7) is 1.12. The third kappa shape index (κ3) is 3.74. The molecule has 0 bridgehead atoms. The number of carboxylic acids is 1. The smallest absolute Gasteiger partial charge is 0.308 e. The Bertz CT molecular complexity index is 549. The molecule has 1 aromatic rings. The van der Waals surface area contributed by atoms with Gasteiger partial charge in [0.2, 0.25) is 5.91 Å². The zero-order valence-corrected chi connectivity index (χ0v) is 13.5. The van der Waals surface area contributed by atoms with Crippen LogP contribution in [0, 0.1) is 11.8 Å². The van der Waals surface area contributed by atoms with Crippen molar-refractivity contribution in [2.24, 2.45) is 11.8 Å². The van der Waals surface area contributed by atoms with Crippen LogP contribution < -0.4 is 0 Å². The molecule has 2 aliphatic rings. The molecule has 2 fully saturated rings. The molecule has 1 aromatic carbocycles. The van der Waals surface area contributed by atoms with Crippen LogP contribution in [0.15, 0.2) is 30.3 Å². The van der Waals surface area contributed by atoms with Crippen molar-refractivity contribution in [2.75, 3.05) is 13.1 Å². The molecule has 0 radical (unpaired) electrons. The number of piperidine rings is 1. The van der Waals surface area contributed by atoms with Crippen molar-refractivity contribution in [1.82, 2.24) is 4.90 Å². The van der Waals surface area contributed by atoms with Gasteiger partial charge in [-0.2, -0.15) is 0 Å². The monoisotopic (exact) mass is 315 g/mol. The van der Waals surface area contributed by atoms with E-state index in [4.69, 9.17) is 0 Å². The molecule has 1 N–H and O–H groups in total. The quantitative estimate of drug-likeness (QED) is 0.931. The Morgan fingerprint density at radius 2 is 1.65 bits per heavy atom. The molecular formula is C19H25NO3. The fourth-order valence-electron chi connectivity index (χ4n) is 4.04. The highest BCUT2D eigenvalue weighted by molar-refractivity contribution is 5.80. The minimum atomic E-state index is -0.768. The fraction of sp³-hybridized carbons (Fsp3) is 0.579. The summed E-state index contributed by atoms with van der Waals surface area (Å²) in [5.41, 5.74) is 1.38. The van der Waals surface area contributed by atoms with Crippen molar-refractivity contribution >= 4 is 11.9 Å². The van der Waals surface area contributed by atoms with Crippen LogP contribution in [0.5, 0.6) is 0 Å². The number of hydrogen-bond acceptors (Lipinski definition) is 2. The number of carboxylic acid groups (broad SMARTS) is 1. The maximum absolute atomic E-state index is 12.7. The molecule has 3 rings (SSSR count). The number of aliphatic carboxylic acids is 1. The van der Waals surface area contributed by atoms with Gasteiger partial charge < -0.3 is 10.0 Å². The molecule has 4 heteroatoms. The van der Waals surface area contributed by atoms with Gasteiger partial charge in [-0.05, 0) is 50.0 Å². The molecule has 1 saturated carbocycles. The van der Waals surface area contributed by atoms with Crippen LogP contribution in [0.4, 0.5) is 0 Å². The van der Waals surface area contributed by atoms with E-state index >= 15 is 0 Å². The van der Waals surface area contributed by atoms with E-state index in [1.54, 1.807) is 4.90 Å². The largest absolute Gasteiger partial charge is 0.481 e. The second kappa shape index (κ2) is 7.16. The molecule has 0 spiro atoms. The lowest BCUT2D eigenvalue weighted by Gasteiger charge is -2.36. The third-order valence-corrected chi connectivity index (χ3v) is 5.43. The molecule has 0 aromatic heterocycles. The Morgan fingerprint density at radius 1 is 0.957 bits per heavy atom. The average molecular weight is 315 g/mol. The van der Waals surface area contributed by atoms with Crippen molar-refractivity contribution < 1.29 is 14.7 Å². The lowest BCUT2D eigenvalue weighted by atomic mass is 9.78. The van der Waals surface area contributed by atoms with Crippen molar-refractivity contribution in [1.29, 1.82) is 0 Å². The first-order chi connectivity index (χ1) is 11.1. The minimum Gasteiger partial charge on any atom is -0.481 e. The van der Waals surface area contributed by atoms with Gasteiger partial charge in [-0.3, -0.25) is 9.59 Å². The van der Waals surface area contributed by atoms with Crippen LogP contribution >= 0.6 is 0 Å². The highest BCUT2D eigenvalue weighted by atomic mass is 16.4. The highest BCUT2D eigenvalue weighted by Crippen LogP contribution is 2.36. The topological polar surface area (TPSA) is 57.6 Å². The number of hydrogen-bond donors (Lipinski definition) is 1. The molecule has 1 atom stereocenters. The van der Waals surface area contributed by atoms with Crippen molar-refractivity contribution in [3.63, 3.8) is 0 Å². The molecule has 1 aliphatic carbocycles. The summed E-state index contributed by atoms with van der Waals surface area (Å²) < 4.78 is 0. The second-order valence-corrected chi connectivity index (χ2v) is 6.92. The Morgan fingerprint density at radius 3 is 2.30 bits per heavy atom. The number of carbonyl (C=O) groups excluding carboxylic acids is 1. The van der Waals surface area contributed by atoms with Crippen LogP contribution in [0.2, 0.25) is 0 Å². The van der Waals surface area contributed by atoms with E-state index in [0.29, 0.717) is 18.9 Å². The van der Waals surface area contributed by atoms with Gasteiger partial charge in [0.25, 0.3) is 0 Å². The van der Waals surface area contributed by atoms with E-state index in [1.165, 1.54) is 5.56 Å². The minimum absolute atomic E-state index is 0.0857. The number of amides is 1. The van der Waals surface area contributed by atoms with Gasteiger partial charge in [0.05, 0.1) is 5.92 Å². The average Bonchev–Trinajstić information content (AvgIpc) is 2.62. The van der Waals surface area contributed by atoms with Gasteiger partial charge in [0.1, 0.15) is 0 Å². The third-order valence-electron chi connectivity index (χ3n) is 5.43. The van der Waals surface area contributed by atoms with Gasteiger partial charge in [-0.1, -0.05) is 30.3 Å². The summed E-state index contributed by atoms with van der Waals surface area (Å²) in [4.78, 5) is 25.7. The maximum Gasteiger partial charge on any atom is 0.308 e. The van der Waals surface area contributed by atoms with E-state index in [2.05, 4.69) is 24.3 Å². The van der Waals surface area contributed by atoms with E-state index < -0.39 is 5.97 Å². The molecule has 1 aliphatic heterocycles. The lowest BCUT2D eigenvalue weighted by Crippen LogP contribution is -2.45. The summed E-state index contributed by atoms with van der Waals surface area (Å²) >= 11 is 0. The Hall–Kier alpha value is -1.84. The Labute approximate surface area is 137 Å². The van der Waals surface area contributed by atoms with E-state index in [9.17, 15) is 14.7 Å². The first-order valence-corrected chi connectivity index (χ1v) is 8.71. The van der Waals surface area contributed by atoms with Crippen molar-refractivity contribution in [2.45, 2.75) is 44.4 Å². The number of rotatable bonds is 3. The summed E-state index contributed by atoms with van der Waals surface area (Å²) in [7, 11) is 0. The SMILES string of the molecule is O=C(O)[C@H]1CCCN(C(=O)C2CCC(c3ccccc3)CC2)C1. The first-order valence-electron chi connectivity index (χ1n) is 8.71. The maximum atomic E-state index is 12.7. The molecule has 4 nitrogen and oxygen atoms in total. The highest BCUT2D eigenvalue weighted by Gasteiger charge is 2.33. The van der Waals surface area contributed by atoms with E-state index in [0.717, 1.165) is 38.6 Å².